The molecule has 1 heteroatoms. The Morgan fingerprint density at radius 3 is 2.10 bits per heavy atom. The van der Waals surface area contributed by atoms with Gasteiger partial charge < -0.3 is 0 Å². The molecule has 1 radical (unpaired) electrons. The first-order valence-corrected chi connectivity index (χ1v) is 3.72. The molecular formula is C9H12N. The van der Waals surface area contributed by atoms with Crippen LogP contribution in [0.1, 0.15) is 25.2 Å². The van der Waals surface area contributed by atoms with Gasteiger partial charge in [-0.05, 0) is 31.0 Å². The van der Waals surface area contributed by atoms with Gasteiger partial charge in [-0.15, -0.1) is 0 Å². The van der Waals surface area contributed by atoms with E-state index in [1.807, 2.05) is 12.1 Å². The molecule has 1 nitrogen and oxygen atoms in total. The van der Waals surface area contributed by atoms with Crippen LogP contribution < -0.4 is 0 Å². The van der Waals surface area contributed by atoms with Gasteiger partial charge in [-0.25, -0.2) is 0 Å². The van der Waals surface area contributed by atoms with Gasteiger partial charge in [0.2, 0.25) is 0 Å². The molecule has 0 bridgehead atoms. The zero-order chi connectivity index (χ0) is 7.40. The predicted molar refractivity (Wildman–Crippen MR) is 41.8 cm³/mol. The van der Waals surface area contributed by atoms with E-state index in [1.54, 1.807) is 0 Å². The van der Waals surface area contributed by atoms with Gasteiger partial charge in [0.25, 0.3) is 0 Å². The summed E-state index contributed by atoms with van der Waals surface area (Å²) in [4.78, 5) is 4.38. The molecule has 0 spiro atoms. The number of aromatic nitrogens is 1. The number of pyridine rings is 1. The van der Waals surface area contributed by atoms with Gasteiger partial charge in [0.05, 0.1) is 0 Å². The Morgan fingerprint density at radius 2 is 1.70 bits per heavy atom. The number of nitrogens with zero attached hydrogens (tertiary/aromatic N) is 1. The number of hydrogen-bond donors (Lipinski definition) is 0. The average Bonchev–Trinajstić information content (AvgIpc) is 2.05. The van der Waals surface area contributed by atoms with Crippen molar-refractivity contribution in [2.45, 2.75) is 26.7 Å². The second-order valence-corrected chi connectivity index (χ2v) is 2.26. The summed E-state index contributed by atoms with van der Waals surface area (Å²) in [6.45, 7) is 4.21. The molecule has 0 aromatic carbocycles. The van der Waals surface area contributed by atoms with Crippen molar-refractivity contribution in [1.29, 1.82) is 0 Å². The van der Waals surface area contributed by atoms with E-state index in [2.05, 4.69) is 24.9 Å². The lowest BCUT2D eigenvalue weighted by Gasteiger charge is -1.97. The second kappa shape index (κ2) is 3.35. The Hall–Kier alpha value is -0.850. The normalized spacial score (nSPS) is 9.80. The summed E-state index contributed by atoms with van der Waals surface area (Å²) in [5.41, 5.74) is 2.28. The molecule has 0 N–H and O–H groups in total. The SMILES string of the molecule is CCc1c[c]cc(CC)n1. The first-order chi connectivity index (χ1) is 4.86. The van der Waals surface area contributed by atoms with E-state index in [9.17, 15) is 0 Å². The maximum absolute atomic E-state index is 4.38. The van der Waals surface area contributed by atoms with E-state index in [0.717, 1.165) is 24.2 Å². The smallest absolute Gasteiger partial charge is 0.0410 e. The molecule has 1 aromatic rings. The molecule has 53 valence electrons. The highest BCUT2D eigenvalue weighted by atomic mass is 14.7. The number of hydrogen-bond acceptors (Lipinski definition) is 1. The maximum Gasteiger partial charge on any atom is 0.0410 e. The van der Waals surface area contributed by atoms with Gasteiger partial charge in [-0.1, -0.05) is 13.8 Å². The highest BCUT2D eigenvalue weighted by Gasteiger charge is 1.91. The molecule has 0 aliphatic rings. The van der Waals surface area contributed by atoms with Crippen LogP contribution in [0.3, 0.4) is 0 Å². The van der Waals surface area contributed by atoms with Gasteiger partial charge in [-0.2, -0.15) is 0 Å². The van der Waals surface area contributed by atoms with Crippen molar-refractivity contribution in [1.82, 2.24) is 4.98 Å². The van der Waals surface area contributed by atoms with E-state index < -0.39 is 0 Å². The standard InChI is InChI=1S/C9H12N/c1-3-8-6-5-7-9(4-2)10-8/h6-7H,3-4H2,1-2H3. The van der Waals surface area contributed by atoms with Crippen LogP contribution in [0.15, 0.2) is 12.1 Å². The summed E-state index contributed by atoms with van der Waals surface area (Å²) < 4.78 is 0. The van der Waals surface area contributed by atoms with Crippen LogP contribution in [0.2, 0.25) is 0 Å². The minimum Gasteiger partial charge on any atom is -0.258 e. The highest BCUT2D eigenvalue weighted by Crippen LogP contribution is 1.99. The molecule has 0 saturated heterocycles. The fourth-order valence-electron chi connectivity index (χ4n) is 0.845. The van der Waals surface area contributed by atoms with E-state index in [0.29, 0.717) is 0 Å². The van der Waals surface area contributed by atoms with Crippen LogP contribution in [0.4, 0.5) is 0 Å². The summed E-state index contributed by atoms with van der Waals surface area (Å²) in [5.74, 6) is 0. The van der Waals surface area contributed by atoms with Gasteiger partial charge in [0.1, 0.15) is 0 Å². The Balaban J connectivity index is 2.87. The van der Waals surface area contributed by atoms with Crippen LogP contribution in [0.5, 0.6) is 0 Å². The van der Waals surface area contributed by atoms with Crippen LogP contribution in [0.25, 0.3) is 0 Å². The molecule has 1 aromatic heterocycles. The number of rotatable bonds is 2. The fourth-order valence-corrected chi connectivity index (χ4v) is 0.845. The summed E-state index contributed by atoms with van der Waals surface area (Å²) in [5, 5.41) is 0. The maximum atomic E-state index is 4.38. The van der Waals surface area contributed by atoms with Gasteiger partial charge in [0, 0.05) is 11.4 Å². The monoisotopic (exact) mass is 134 g/mol. The summed E-state index contributed by atoms with van der Waals surface area (Å²) in [6, 6.07) is 6.96. The van der Waals surface area contributed by atoms with E-state index in [-0.39, 0.29) is 0 Å². The third-order valence-electron chi connectivity index (χ3n) is 1.51. The zero-order valence-corrected chi connectivity index (χ0v) is 6.52. The Labute approximate surface area is 62.1 Å². The molecule has 1 heterocycles. The van der Waals surface area contributed by atoms with Crippen LogP contribution >= 0.6 is 0 Å². The molecule has 1 rings (SSSR count). The predicted octanol–water partition coefficient (Wildman–Crippen LogP) is 2.01. The minimum absolute atomic E-state index is 1.00. The third-order valence-corrected chi connectivity index (χ3v) is 1.51. The molecule has 0 aliphatic heterocycles. The molecule has 0 unspecified atom stereocenters. The summed E-state index contributed by atoms with van der Waals surface area (Å²) >= 11 is 0. The van der Waals surface area contributed by atoms with Gasteiger partial charge >= 0.3 is 0 Å². The van der Waals surface area contributed by atoms with Crippen molar-refractivity contribution in [3.8, 4) is 0 Å². The van der Waals surface area contributed by atoms with Crippen LogP contribution in [-0.4, -0.2) is 4.98 Å². The first-order valence-electron chi connectivity index (χ1n) is 3.72. The van der Waals surface area contributed by atoms with Crippen molar-refractivity contribution < 1.29 is 0 Å². The molecular weight excluding hydrogens is 122 g/mol. The molecule has 0 atom stereocenters. The number of aryl methyl sites for hydroxylation is 2. The fraction of sp³-hybridized carbons (Fsp3) is 0.444. The molecule has 0 amide bonds. The minimum atomic E-state index is 1.00. The Morgan fingerprint density at radius 1 is 1.20 bits per heavy atom. The average molecular weight is 134 g/mol. The lowest BCUT2D eigenvalue weighted by atomic mass is 10.2. The van der Waals surface area contributed by atoms with E-state index in [4.69, 9.17) is 0 Å². The van der Waals surface area contributed by atoms with Crippen molar-refractivity contribution in [2.24, 2.45) is 0 Å². The van der Waals surface area contributed by atoms with Gasteiger partial charge in [-0.3, -0.25) is 4.98 Å². The van der Waals surface area contributed by atoms with Crippen molar-refractivity contribution in [2.75, 3.05) is 0 Å². The topological polar surface area (TPSA) is 12.9 Å². The highest BCUT2D eigenvalue weighted by molar-refractivity contribution is 5.09. The van der Waals surface area contributed by atoms with E-state index in [1.165, 1.54) is 0 Å². The van der Waals surface area contributed by atoms with Crippen molar-refractivity contribution in [3.05, 3.63) is 29.6 Å². The third kappa shape index (κ3) is 1.56. The Bertz CT molecular complexity index is 186. The molecule has 0 aliphatic carbocycles. The van der Waals surface area contributed by atoms with Gasteiger partial charge in [0.15, 0.2) is 0 Å². The van der Waals surface area contributed by atoms with Crippen molar-refractivity contribution >= 4 is 0 Å². The molecule has 0 saturated carbocycles. The lowest BCUT2D eigenvalue weighted by molar-refractivity contribution is 0.953. The molecule has 10 heavy (non-hydrogen) atoms. The van der Waals surface area contributed by atoms with Crippen molar-refractivity contribution in [3.63, 3.8) is 0 Å². The van der Waals surface area contributed by atoms with Crippen LogP contribution in [0, 0.1) is 6.07 Å². The molecule has 0 fully saturated rings. The summed E-state index contributed by atoms with van der Waals surface area (Å²) in [7, 11) is 0. The first kappa shape index (κ1) is 7.26. The largest absolute Gasteiger partial charge is 0.258 e. The van der Waals surface area contributed by atoms with E-state index >= 15 is 0 Å². The summed E-state index contributed by atoms with van der Waals surface area (Å²) in [6.07, 6.45) is 2.01. The second-order valence-electron chi connectivity index (χ2n) is 2.26. The Kier molecular flexibility index (Phi) is 2.43. The quantitative estimate of drug-likeness (QED) is 0.603. The zero-order valence-electron chi connectivity index (χ0n) is 6.52. The lowest BCUT2D eigenvalue weighted by Crippen LogP contribution is -1.91. The van der Waals surface area contributed by atoms with Crippen LogP contribution in [-0.2, 0) is 12.8 Å².